The molecule has 1 aromatic rings. The molecule has 2 rings (SSSR count). The highest BCUT2D eigenvalue weighted by molar-refractivity contribution is 7.13. The molecule has 0 aromatic carbocycles. The molecule has 1 aliphatic heterocycles. The van der Waals surface area contributed by atoms with Crippen molar-refractivity contribution in [1.29, 1.82) is 0 Å². The summed E-state index contributed by atoms with van der Waals surface area (Å²) in [5, 5.41) is 5.58. The average molecular weight is 282 g/mol. The summed E-state index contributed by atoms with van der Waals surface area (Å²) in [6.45, 7) is 7.19. The number of amides is 1. The number of carbonyl (C=O) groups excluding carboxylic acids is 1. The van der Waals surface area contributed by atoms with Crippen LogP contribution in [-0.2, 0) is 14.9 Å². The van der Waals surface area contributed by atoms with Crippen molar-refractivity contribution >= 4 is 22.4 Å². The number of ether oxygens (including phenoxy) is 1. The van der Waals surface area contributed by atoms with Crippen LogP contribution in [-0.4, -0.2) is 23.6 Å². The second-order valence-corrected chi connectivity index (χ2v) is 6.87. The van der Waals surface area contributed by atoms with Crippen LogP contribution >= 0.6 is 11.3 Å². The molecule has 2 heterocycles. The zero-order valence-electron chi connectivity index (χ0n) is 11.9. The normalized spacial score (nSPS) is 19.6. The molecular weight excluding hydrogens is 260 g/mol. The SMILES string of the molecule is CC(C)(C)c1csc(NC(=O)CC[C@@H]2CCCO2)n1. The molecule has 1 saturated heterocycles. The van der Waals surface area contributed by atoms with Gasteiger partial charge in [0.1, 0.15) is 0 Å². The topological polar surface area (TPSA) is 51.2 Å². The van der Waals surface area contributed by atoms with Gasteiger partial charge in [0.05, 0.1) is 11.8 Å². The van der Waals surface area contributed by atoms with Gasteiger partial charge in [-0.1, -0.05) is 20.8 Å². The van der Waals surface area contributed by atoms with Crippen LogP contribution in [0, 0.1) is 0 Å². The Kier molecular flexibility index (Phi) is 4.58. The van der Waals surface area contributed by atoms with Crippen LogP contribution in [0.3, 0.4) is 0 Å². The average Bonchev–Trinajstić information content (AvgIpc) is 2.95. The number of hydrogen-bond donors (Lipinski definition) is 1. The van der Waals surface area contributed by atoms with E-state index in [4.69, 9.17) is 4.74 Å². The Bertz CT molecular complexity index is 431. The highest BCUT2D eigenvalue weighted by Crippen LogP contribution is 2.26. The molecule has 1 atom stereocenters. The highest BCUT2D eigenvalue weighted by Gasteiger charge is 2.19. The van der Waals surface area contributed by atoms with Crippen molar-refractivity contribution in [3.63, 3.8) is 0 Å². The molecule has 1 aromatic heterocycles. The molecule has 19 heavy (non-hydrogen) atoms. The molecule has 106 valence electrons. The van der Waals surface area contributed by atoms with E-state index in [2.05, 4.69) is 31.1 Å². The number of anilines is 1. The van der Waals surface area contributed by atoms with Gasteiger partial charge in [0.25, 0.3) is 0 Å². The van der Waals surface area contributed by atoms with Gasteiger partial charge in [-0.2, -0.15) is 0 Å². The van der Waals surface area contributed by atoms with Gasteiger partial charge >= 0.3 is 0 Å². The minimum absolute atomic E-state index is 0.0250. The summed E-state index contributed by atoms with van der Waals surface area (Å²) in [7, 11) is 0. The molecule has 0 aliphatic carbocycles. The lowest BCUT2D eigenvalue weighted by molar-refractivity contribution is -0.116. The van der Waals surface area contributed by atoms with Crippen LogP contribution in [0.15, 0.2) is 5.38 Å². The number of carbonyl (C=O) groups is 1. The van der Waals surface area contributed by atoms with Gasteiger partial charge in [0.15, 0.2) is 5.13 Å². The van der Waals surface area contributed by atoms with Crippen molar-refractivity contribution in [3.05, 3.63) is 11.1 Å². The van der Waals surface area contributed by atoms with Crippen molar-refractivity contribution in [1.82, 2.24) is 4.98 Å². The Labute approximate surface area is 118 Å². The molecule has 5 heteroatoms. The summed E-state index contributed by atoms with van der Waals surface area (Å²) in [5.41, 5.74) is 1.05. The van der Waals surface area contributed by atoms with Gasteiger partial charge in [0.2, 0.25) is 5.91 Å². The van der Waals surface area contributed by atoms with E-state index in [1.165, 1.54) is 11.3 Å². The van der Waals surface area contributed by atoms with E-state index >= 15 is 0 Å². The monoisotopic (exact) mass is 282 g/mol. The van der Waals surface area contributed by atoms with Crippen LogP contribution in [0.4, 0.5) is 5.13 Å². The first-order valence-corrected chi connectivity index (χ1v) is 7.70. The molecule has 1 aliphatic rings. The minimum atomic E-state index is 0.0250. The van der Waals surface area contributed by atoms with Gasteiger partial charge in [-0.15, -0.1) is 11.3 Å². The standard InChI is InChI=1S/C14H22N2O2S/c1-14(2,3)11-9-19-13(15-11)16-12(17)7-6-10-5-4-8-18-10/h9-10H,4-8H2,1-3H3,(H,15,16,17)/t10-/m0/s1. The van der Waals surface area contributed by atoms with E-state index in [0.29, 0.717) is 11.6 Å². The van der Waals surface area contributed by atoms with Crippen LogP contribution < -0.4 is 5.32 Å². The van der Waals surface area contributed by atoms with Crippen LogP contribution in [0.2, 0.25) is 0 Å². The third-order valence-corrected chi connectivity index (χ3v) is 3.99. The molecule has 0 unspecified atom stereocenters. The summed E-state index contributed by atoms with van der Waals surface area (Å²) < 4.78 is 5.51. The van der Waals surface area contributed by atoms with E-state index < -0.39 is 0 Å². The van der Waals surface area contributed by atoms with Crippen molar-refractivity contribution < 1.29 is 9.53 Å². The zero-order valence-corrected chi connectivity index (χ0v) is 12.7. The summed E-state index contributed by atoms with van der Waals surface area (Å²) >= 11 is 1.49. The Morgan fingerprint density at radius 1 is 1.58 bits per heavy atom. The quantitative estimate of drug-likeness (QED) is 0.921. The maximum absolute atomic E-state index is 11.8. The summed E-state index contributed by atoms with van der Waals surface area (Å²) in [6.07, 6.45) is 3.79. The van der Waals surface area contributed by atoms with Crippen molar-refractivity contribution in [2.45, 2.75) is 58.0 Å². The van der Waals surface area contributed by atoms with E-state index in [-0.39, 0.29) is 17.4 Å². The lowest BCUT2D eigenvalue weighted by atomic mass is 9.93. The second kappa shape index (κ2) is 6.01. The predicted octanol–water partition coefficient (Wildman–Crippen LogP) is 3.34. The number of nitrogens with one attached hydrogen (secondary N) is 1. The Hall–Kier alpha value is -0.940. The van der Waals surface area contributed by atoms with Crippen LogP contribution in [0.25, 0.3) is 0 Å². The molecule has 1 fully saturated rings. The molecule has 0 radical (unpaired) electrons. The molecule has 1 amide bonds. The maximum Gasteiger partial charge on any atom is 0.226 e. The third kappa shape index (κ3) is 4.28. The van der Waals surface area contributed by atoms with Crippen LogP contribution in [0.1, 0.15) is 52.1 Å². The van der Waals surface area contributed by atoms with Crippen molar-refractivity contribution in [2.75, 3.05) is 11.9 Å². The third-order valence-electron chi connectivity index (χ3n) is 3.24. The minimum Gasteiger partial charge on any atom is -0.378 e. The van der Waals surface area contributed by atoms with Gasteiger partial charge < -0.3 is 10.1 Å². The number of hydrogen-bond acceptors (Lipinski definition) is 4. The molecule has 0 spiro atoms. The first-order chi connectivity index (χ1) is 8.95. The fourth-order valence-corrected chi connectivity index (χ4v) is 2.97. The molecule has 0 bridgehead atoms. The van der Waals surface area contributed by atoms with E-state index in [1.807, 2.05) is 5.38 Å². The van der Waals surface area contributed by atoms with E-state index in [0.717, 1.165) is 31.6 Å². The number of nitrogens with zero attached hydrogens (tertiary/aromatic N) is 1. The Morgan fingerprint density at radius 3 is 2.95 bits per heavy atom. The van der Waals surface area contributed by atoms with E-state index in [1.54, 1.807) is 0 Å². The smallest absolute Gasteiger partial charge is 0.226 e. The fraction of sp³-hybridized carbons (Fsp3) is 0.714. The number of thiazole rings is 1. The lowest BCUT2D eigenvalue weighted by Gasteiger charge is -2.14. The molecular formula is C14H22N2O2S. The summed E-state index contributed by atoms with van der Waals surface area (Å²) in [4.78, 5) is 16.3. The maximum atomic E-state index is 11.8. The van der Waals surface area contributed by atoms with Crippen LogP contribution in [0.5, 0.6) is 0 Å². The predicted molar refractivity (Wildman–Crippen MR) is 77.7 cm³/mol. The first kappa shape index (κ1) is 14.5. The largest absolute Gasteiger partial charge is 0.378 e. The zero-order chi connectivity index (χ0) is 13.9. The Morgan fingerprint density at radius 2 is 2.37 bits per heavy atom. The van der Waals surface area contributed by atoms with Gasteiger partial charge in [0, 0.05) is 23.8 Å². The number of aromatic nitrogens is 1. The molecule has 0 saturated carbocycles. The first-order valence-electron chi connectivity index (χ1n) is 6.82. The Balaban J connectivity index is 1.80. The van der Waals surface area contributed by atoms with Crippen molar-refractivity contribution in [3.8, 4) is 0 Å². The fourth-order valence-electron chi connectivity index (χ4n) is 2.02. The summed E-state index contributed by atoms with van der Waals surface area (Å²) in [6, 6.07) is 0. The molecule has 1 N–H and O–H groups in total. The number of rotatable bonds is 4. The van der Waals surface area contributed by atoms with E-state index in [9.17, 15) is 4.79 Å². The van der Waals surface area contributed by atoms with Gasteiger partial charge in [-0.3, -0.25) is 4.79 Å². The van der Waals surface area contributed by atoms with Gasteiger partial charge in [-0.05, 0) is 19.3 Å². The molecule has 4 nitrogen and oxygen atoms in total. The summed E-state index contributed by atoms with van der Waals surface area (Å²) in [5.74, 6) is 0.0327. The lowest BCUT2D eigenvalue weighted by Crippen LogP contribution is -2.16. The highest BCUT2D eigenvalue weighted by atomic mass is 32.1. The second-order valence-electron chi connectivity index (χ2n) is 6.01. The van der Waals surface area contributed by atoms with Crippen molar-refractivity contribution in [2.24, 2.45) is 0 Å². The van der Waals surface area contributed by atoms with Gasteiger partial charge in [-0.25, -0.2) is 4.98 Å².